The number of aryl methyl sites for hydroxylation is 2. The molecule has 2 aliphatic carbocycles. The fraction of sp³-hybridized carbons (Fsp3) is 0.0465. The van der Waals surface area contributed by atoms with Gasteiger partial charge in [-0.2, -0.15) is 0 Å². The van der Waals surface area contributed by atoms with Crippen molar-refractivity contribution in [1.82, 2.24) is 0 Å². The van der Waals surface area contributed by atoms with Gasteiger partial charge in [-0.1, -0.05) is 83.9 Å². The lowest BCUT2D eigenvalue weighted by Crippen LogP contribution is -2.22. The van der Waals surface area contributed by atoms with Crippen LogP contribution in [0.2, 0.25) is 0 Å². The van der Waals surface area contributed by atoms with Crippen molar-refractivity contribution in [2.24, 2.45) is 0 Å². The summed E-state index contributed by atoms with van der Waals surface area (Å²) in [6, 6.07) is 34.9. The van der Waals surface area contributed by atoms with E-state index in [9.17, 15) is 29.4 Å². The predicted octanol–water partition coefficient (Wildman–Crippen LogP) is 8.25. The van der Waals surface area contributed by atoms with Crippen LogP contribution in [0.3, 0.4) is 0 Å². The maximum atomic E-state index is 13.0. The highest BCUT2D eigenvalue weighted by Crippen LogP contribution is 2.39. The Balaban J connectivity index is 0.000000171. The van der Waals surface area contributed by atoms with Crippen molar-refractivity contribution in [2.45, 2.75) is 13.8 Å². The van der Waals surface area contributed by atoms with E-state index in [-0.39, 0.29) is 56.9 Å². The molecule has 0 fully saturated rings. The Bertz CT molecular complexity index is 2230. The zero-order valence-electron chi connectivity index (χ0n) is 28.2. The molecule has 256 valence electrons. The van der Waals surface area contributed by atoms with Crippen molar-refractivity contribution in [3.05, 3.63) is 177 Å². The summed E-state index contributed by atoms with van der Waals surface area (Å²) in [5, 5.41) is 26.8. The molecule has 0 saturated heterocycles. The molecular weight excluding hydrogens is 656 g/mol. The Morgan fingerprint density at radius 2 is 0.692 bits per heavy atom. The number of rotatable bonds is 4. The number of fused-ring (bicyclic) bond motifs is 4. The van der Waals surface area contributed by atoms with Crippen LogP contribution in [0.5, 0.6) is 11.5 Å². The third kappa shape index (κ3) is 6.34. The second-order valence-corrected chi connectivity index (χ2v) is 12.2. The molecule has 4 N–H and O–H groups in total. The van der Waals surface area contributed by atoms with Crippen LogP contribution >= 0.6 is 0 Å². The van der Waals surface area contributed by atoms with E-state index in [1.807, 2.05) is 69.2 Å². The number of anilines is 4. The lowest BCUT2D eigenvalue weighted by molar-refractivity contribution is -0.0980. The maximum Gasteiger partial charge on any atom is 0.198 e. The number of hydrogen-bond acceptors (Lipinski definition) is 9. The summed E-state index contributed by atoms with van der Waals surface area (Å²) in [6.07, 6.45) is 0. The minimum absolute atomic E-state index is 0.0563. The lowest BCUT2D eigenvalue weighted by Gasteiger charge is -2.21. The number of carbonyl (C=O) groups is 5. The fourth-order valence-electron chi connectivity index (χ4n) is 6.20. The first kappa shape index (κ1) is 34.7. The van der Waals surface area contributed by atoms with Crippen LogP contribution in [0.25, 0.3) is 0 Å². The second-order valence-electron chi connectivity index (χ2n) is 12.2. The first-order valence-corrected chi connectivity index (χ1v) is 16.2. The normalized spacial score (nSPS) is 12.1. The van der Waals surface area contributed by atoms with E-state index in [1.54, 1.807) is 60.7 Å². The van der Waals surface area contributed by atoms with E-state index in [2.05, 4.69) is 10.6 Å². The summed E-state index contributed by atoms with van der Waals surface area (Å²) in [5.41, 5.74) is 6.76. The fourth-order valence-corrected chi connectivity index (χ4v) is 6.20. The van der Waals surface area contributed by atoms with Crippen molar-refractivity contribution in [2.75, 3.05) is 10.6 Å². The van der Waals surface area contributed by atoms with Gasteiger partial charge in [0.05, 0.1) is 33.6 Å². The van der Waals surface area contributed by atoms with Crippen LogP contribution in [0.4, 0.5) is 22.7 Å². The van der Waals surface area contributed by atoms with Crippen LogP contribution in [0.1, 0.15) is 74.8 Å². The van der Waals surface area contributed by atoms with Crippen molar-refractivity contribution in [1.29, 1.82) is 0 Å². The molecule has 6 aromatic carbocycles. The molecule has 0 radical (unpaired) electrons. The smallest absolute Gasteiger partial charge is 0.198 e. The Kier molecular flexibility index (Phi) is 9.60. The molecule has 6 aromatic rings. The molecule has 9 heteroatoms. The number of phenolic OH excluding ortho intramolecular Hbond substituents is 2. The van der Waals surface area contributed by atoms with E-state index in [0.29, 0.717) is 33.6 Å². The monoisotopic (exact) mass is 688 g/mol. The zero-order valence-corrected chi connectivity index (χ0v) is 28.2. The van der Waals surface area contributed by atoms with E-state index in [4.69, 9.17) is 4.79 Å². The van der Waals surface area contributed by atoms with Crippen LogP contribution in [-0.2, 0) is 4.79 Å². The number of ketones is 4. The summed E-state index contributed by atoms with van der Waals surface area (Å²) in [7, 11) is 0. The number of aromatic hydroxyl groups is 2. The van der Waals surface area contributed by atoms with Gasteiger partial charge in [0.1, 0.15) is 18.3 Å². The Morgan fingerprint density at radius 3 is 1.00 bits per heavy atom. The number of nitrogens with one attached hydrogen (secondary N) is 2. The zero-order chi connectivity index (χ0) is 37.1. The summed E-state index contributed by atoms with van der Waals surface area (Å²) < 4.78 is 0. The molecule has 0 saturated carbocycles. The first-order valence-electron chi connectivity index (χ1n) is 16.2. The molecule has 0 spiro atoms. The molecule has 0 bridgehead atoms. The number of phenols is 2. The van der Waals surface area contributed by atoms with Gasteiger partial charge in [-0.15, -0.1) is 0 Å². The Morgan fingerprint density at radius 1 is 0.404 bits per heavy atom. The van der Waals surface area contributed by atoms with Crippen LogP contribution in [0, 0.1) is 13.8 Å². The minimum atomic E-state index is -0.338. The third-order valence-electron chi connectivity index (χ3n) is 8.77. The molecule has 0 amide bonds. The van der Waals surface area contributed by atoms with E-state index < -0.39 is 0 Å². The van der Waals surface area contributed by atoms with Gasteiger partial charge in [0.25, 0.3) is 0 Å². The van der Waals surface area contributed by atoms with Gasteiger partial charge < -0.3 is 25.6 Å². The third-order valence-corrected chi connectivity index (χ3v) is 8.77. The average Bonchev–Trinajstić information content (AvgIpc) is 3.17. The van der Waals surface area contributed by atoms with Gasteiger partial charge >= 0.3 is 0 Å². The summed E-state index contributed by atoms with van der Waals surface area (Å²) in [4.78, 5) is 59.5. The molecule has 8 rings (SSSR count). The van der Waals surface area contributed by atoms with Crippen molar-refractivity contribution in [3.8, 4) is 11.5 Å². The highest BCUT2D eigenvalue weighted by molar-refractivity contribution is 6.32. The van der Waals surface area contributed by atoms with Crippen LogP contribution in [-0.4, -0.2) is 40.1 Å². The standard InChI is InChI=1S/2C21H15NO3.CH2O/c2*1-12-6-8-13(9-7-12)22-16-10-11-17(23)19-18(16)20(24)14-4-2-3-5-15(14)21(19)25;1-2/h2*2-11,22-23H,1H3;1H2. The molecule has 0 aromatic heterocycles. The van der Waals surface area contributed by atoms with Gasteiger partial charge in [0.2, 0.25) is 0 Å². The van der Waals surface area contributed by atoms with Gasteiger partial charge in [0, 0.05) is 33.6 Å². The SMILES string of the molecule is C=O.Cc1ccc(Nc2ccc(O)c3c2C(=O)c2ccccc2C3=O)cc1.Cc1ccc(Nc2ccc(O)c3c2C(=O)c2ccccc2C3=O)cc1. The van der Waals surface area contributed by atoms with Gasteiger partial charge in [0.15, 0.2) is 23.1 Å². The average molecular weight is 689 g/mol. The molecular formula is C43H32N2O7. The van der Waals surface area contributed by atoms with Crippen molar-refractivity contribution < 1.29 is 34.2 Å². The van der Waals surface area contributed by atoms with Gasteiger partial charge in [-0.25, -0.2) is 0 Å². The molecule has 52 heavy (non-hydrogen) atoms. The largest absolute Gasteiger partial charge is 0.507 e. The maximum absolute atomic E-state index is 13.0. The predicted molar refractivity (Wildman–Crippen MR) is 199 cm³/mol. The number of hydrogen-bond donors (Lipinski definition) is 4. The van der Waals surface area contributed by atoms with Crippen LogP contribution < -0.4 is 10.6 Å². The highest BCUT2D eigenvalue weighted by Gasteiger charge is 2.35. The highest BCUT2D eigenvalue weighted by atomic mass is 16.3. The molecule has 0 aliphatic heterocycles. The summed E-state index contributed by atoms with van der Waals surface area (Å²) in [6.45, 7) is 5.98. The molecule has 0 unspecified atom stereocenters. The lowest BCUT2D eigenvalue weighted by atomic mass is 9.82. The van der Waals surface area contributed by atoms with E-state index in [1.165, 1.54) is 12.1 Å². The Hall–Kier alpha value is -7.13. The molecule has 2 aliphatic rings. The van der Waals surface area contributed by atoms with Gasteiger partial charge in [-0.05, 0) is 62.4 Å². The van der Waals surface area contributed by atoms with Crippen molar-refractivity contribution in [3.63, 3.8) is 0 Å². The minimum Gasteiger partial charge on any atom is -0.507 e. The van der Waals surface area contributed by atoms with Gasteiger partial charge in [-0.3, -0.25) is 19.2 Å². The molecule has 0 heterocycles. The summed E-state index contributed by atoms with van der Waals surface area (Å²) >= 11 is 0. The topological polar surface area (TPSA) is 150 Å². The van der Waals surface area contributed by atoms with E-state index in [0.717, 1.165) is 22.5 Å². The quantitative estimate of drug-likeness (QED) is 0.134. The van der Waals surface area contributed by atoms with Crippen LogP contribution in [0.15, 0.2) is 121 Å². The number of benzene rings is 6. The summed E-state index contributed by atoms with van der Waals surface area (Å²) in [5.74, 6) is -1.58. The Labute approximate surface area is 299 Å². The van der Waals surface area contributed by atoms with Crippen molar-refractivity contribution >= 4 is 52.7 Å². The second kappa shape index (κ2) is 14.4. The van der Waals surface area contributed by atoms with E-state index >= 15 is 0 Å². The molecule has 0 atom stereocenters. The molecule has 9 nitrogen and oxygen atoms in total. The first-order chi connectivity index (χ1) is 25.1. The number of carbonyl (C=O) groups excluding carboxylic acids is 5.